The first-order chi connectivity index (χ1) is 20.8. The molecule has 0 bridgehead atoms. The first-order valence-electron chi connectivity index (χ1n) is 14.3. The van der Waals surface area contributed by atoms with Crippen molar-refractivity contribution in [1.29, 1.82) is 0 Å². The summed E-state index contributed by atoms with van der Waals surface area (Å²) in [5.74, 6) is -3.83. The molecule has 1 saturated heterocycles. The van der Waals surface area contributed by atoms with E-state index < -0.39 is 73.7 Å². The van der Waals surface area contributed by atoms with Crippen molar-refractivity contribution in [2.24, 2.45) is 17.8 Å². The molecular weight excluding hydrogens is 638 g/mol. The van der Waals surface area contributed by atoms with Crippen molar-refractivity contribution in [2.75, 3.05) is 6.54 Å². The van der Waals surface area contributed by atoms with Gasteiger partial charge in [0.05, 0.1) is 16.9 Å². The molecule has 0 radical (unpaired) electrons. The fourth-order valence-electron chi connectivity index (χ4n) is 7.52. The van der Waals surface area contributed by atoms with E-state index in [9.17, 15) is 53.8 Å². The summed E-state index contributed by atoms with van der Waals surface area (Å²) in [5.41, 5.74) is -7.87. The number of carboxylic acid groups (broad SMARTS) is 1. The predicted octanol–water partition coefficient (Wildman–Crippen LogP) is 6.47. The molecule has 5 rings (SSSR count). The summed E-state index contributed by atoms with van der Waals surface area (Å²) in [4.78, 5) is 26.4. The Kier molecular flexibility index (Phi) is 8.06. The van der Waals surface area contributed by atoms with E-state index in [-0.39, 0.29) is 73.1 Å². The van der Waals surface area contributed by atoms with E-state index >= 15 is 4.39 Å². The summed E-state index contributed by atoms with van der Waals surface area (Å²) in [5, 5.41) is 9.41. The largest absolute Gasteiger partial charge is 0.481 e. The number of likely N-dealkylation sites (tertiary alicyclic amines) is 1. The fourth-order valence-corrected chi connectivity index (χ4v) is 9.89. The number of carboxylic acids is 1. The zero-order chi connectivity index (χ0) is 33.3. The molecule has 0 aromatic heterocycles. The highest BCUT2D eigenvalue weighted by Gasteiger charge is 2.74. The number of benzene rings is 2. The SMILES string of the molecule is C[C@H]1CC(C(=O)O)CC[C@H]1C(=O)N1CC[C@@]2(S(=O)(=O)c3ccc(F)cc3)c3ccc(C(F)(C(F)(F)F)C(F)(F)F)cc3CC[C@@H]12. The van der Waals surface area contributed by atoms with Crippen LogP contribution in [0.25, 0.3) is 0 Å². The van der Waals surface area contributed by atoms with Gasteiger partial charge < -0.3 is 10.0 Å². The molecule has 1 amide bonds. The van der Waals surface area contributed by atoms with Crippen molar-refractivity contribution in [1.82, 2.24) is 4.90 Å². The van der Waals surface area contributed by atoms with Crippen LogP contribution in [0.5, 0.6) is 0 Å². The van der Waals surface area contributed by atoms with Crippen LogP contribution in [0, 0.1) is 23.6 Å². The first-order valence-corrected chi connectivity index (χ1v) is 15.8. The molecule has 45 heavy (non-hydrogen) atoms. The van der Waals surface area contributed by atoms with Gasteiger partial charge in [0.25, 0.3) is 0 Å². The molecule has 2 aliphatic carbocycles. The molecule has 1 N–H and O–H groups in total. The number of aryl methyl sites for hydroxylation is 1. The van der Waals surface area contributed by atoms with E-state index in [0.717, 1.165) is 30.3 Å². The van der Waals surface area contributed by atoms with E-state index in [2.05, 4.69) is 0 Å². The maximum Gasteiger partial charge on any atom is 0.435 e. The van der Waals surface area contributed by atoms with Crippen molar-refractivity contribution >= 4 is 21.7 Å². The lowest BCUT2D eigenvalue weighted by Crippen LogP contribution is -2.54. The molecular formula is C30H29F8NO5S. The van der Waals surface area contributed by atoms with Crippen LogP contribution >= 0.6 is 0 Å². The molecule has 3 aliphatic rings. The van der Waals surface area contributed by atoms with Crippen LogP contribution in [-0.2, 0) is 36.3 Å². The maximum atomic E-state index is 15.0. The summed E-state index contributed by atoms with van der Waals surface area (Å²) in [7, 11) is -4.60. The van der Waals surface area contributed by atoms with Gasteiger partial charge in [0.2, 0.25) is 5.91 Å². The monoisotopic (exact) mass is 667 g/mol. The van der Waals surface area contributed by atoms with E-state index in [0.29, 0.717) is 6.07 Å². The smallest absolute Gasteiger partial charge is 0.435 e. The predicted molar refractivity (Wildman–Crippen MR) is 143 cm³/mol. The van der Waals surface area contributed by atoms with Gasteiger partial charge in [0.15, 0.2) is 9.84 Å². The van der Waals surface area contributed by atoms with Crippen LogP contribution in [0.3, 0.4) is 0 Å². The summed E-state index contributed by atoms with van der Waals surface area (Å²) in [6.45, 7) is 1.59. The molecule has 2 aromatic carbocycles. The van der Waals surface area contributed by atoms with E-state index in [4.69, 9.17) is 0 Å². The Morgan fingerprint density at radius 1 is 0.933 bits per heavy atom. The molecule has 1 heterocycles. The number of nitrogens with zero attached hydrogens (tertiary/aromatic N) is 1. The molecule has 15 heteroatoms. The minimum absolute atomic E-state index is 0.130. The second-order valence-electron chi connectivity index (χ2n) is 12.1. The van der Waals surface area contributed by atoms with Crippen molar-refractivity contribution in [3.63, 3.8) is 0 Å². The number of fused-ring (bicyclic) bond motifs is 3. The van der Waals surface area contributed by atoms with E-state index in [1.54, 1.807) is 6.92 Å². The Morgan fingerprint density at radius 3 is 2.11 bits per heavy atom. The summed E-state index contributed by atoms with van der Waals surface area (Å²) in [6.07, 6.45) is -12.8. The highest BCUT2D eigenvalue weighted by Crippen LogP contribution is 2.57. The van der Waals surface area contributed by atoms with Crippen LogP contribution in [0.15, 0.2) is 47.4 Å². The van der Waals surface area contributed by atoms with Gasteiger partial charge >= 0.3 is 24.0 Å². The summed E-state index contributed by atoms with van der Waals surface area (Å²) in [6, 6.07) is 4.07. The summed E-state index contributed by atoms with van der Waals surface area (Å²) < 4.78 is 137. The molecule has 2 fully saturated rings. The number of hydrogen-bond acceptors (Lipinski definition) is 4. The second-order valence-corrected chi connectivity index (χ2v) is 14.3. The molecule has 2 aromatic rings. The quantitative estimate of drug-likeness (QED) is 0.292. The molecule has 0 spiro atoms. The van der Waals surface area contributed by atoms with Crippen LogP contribution in [0.4, 0.5) is 35.1 Å². The molecule has 1 saturated carbocycles. The number of carbonyl (C=O) groups is 2. The molecule has 6 nitrogen and oxygen atoms in total. The topological polar surface area (TPSA) is 91.8 Å². The Bertz CT molecular complexity index is 1590. The minimum Gasteiger partial charge on any atom is -0.481 e. The first kappa shape index (κ1) is 33.1. The minimum atomic E-state index is -6.37. The number of amides is 1. The van der Waals surface area contributed by atoms with E-state index in [1.807, 2.05) is 0 Å². The van der Waals surface area contributed by atoms with Gasteiger partial charge in [-0.25, -0.2) is 17.2 Å². The van der Waals surface area contributed by atoms with Gasteiger partial charge in [0.1, 0.15) is 10.6 Å². The third kappa shape index (κ3) is 4.99. The normalized spacial score (nSPS) is 27.5. The van der Waals surface area contributed by atoms with Crippen molar-refractivity contribution < 1.29 is 58.2 Å². The average molecular weight is 668 g/mol. The number of hydrogen-bond donors (Lipinski definition) is 1. The van der Waals surface area contributed by atoms with Crippen LogP contribution in [0.1, 0.15) is 55.7 Å². The van der Waals surface area contributed by atoms with Crippen molar-refractivity contribution in [3.05, 3.63) is 65.0 Å². The highest BCUT2D eigenvalue weighted by atomic mass is 32.2. The molecule has 246 valence electrons. The van der Waals surface area contributed by atoms with Gasteiger partial charge in [0, 0.05) is 18.0 Å². The highest BCUT2D eigenvalue weighted by molar-refractivity contribution is 7.92. The lowest BCUT2D eigenvalue weighted by atomic mass is 9.73. The van der Waals surface area contributed by atoms with Gasteiger partial charge in [-0.15, -0.1) is 0 Å². The number of aliphatic carboxylic acids is 1. The van der Waals surface area contributed by atoms with Gasteiger partial charge in [-0.3, -0.25) is 9.59 Å². The lowest BCUT2D eigenvalue weighted by Gasteiger charge is -2.44. The number of alkyl halides is 7. The summed E-state index contributed by atoms with van der Waals surface area (Å²) >= 11 is 0. The van der Waals surface area contributed by atoms with Gasteiger partial charge in [-0.1, -0.05) is 25.1 Å². The number of halogens is 8. The Labute approximate surface area is 253 Å². The molecule has 1 aliphatic heterocycles. The fraction of sp³-hybridized carbons (Fsp3) is 0.533. The maximum absolute atomic E-state index is 15.0. The zero-order valence-corrected chi connectivity index (χ0v) is 24.6. The lowest BCUT2D eigenvalue weighted by molar-refractivity contribution is -0.348. The van der Waals surface area contributed by atoms with E-state index in [1.165, 1.54) is 4.90 Å². The number of carbonyl (C=O) groups excluding carboxylic acids is 1. The Hall–Kier alpha value is -3.23. The molecule has 5 atom stereocenters. The molecule has 1 unspecified atom stereocenters. The third-order valence-corrected chi connectivity index (χ3v) is 12.3. The number of sulfone groups is 1. The Morgan fingerprint density at radius 2 is 1.56 bits per heavy atom. The van der Waals surface area contributed by atoms with Crippen molar-refractivity contribution in [3.8, 4) is 0 Å². The van der Waals surface area contributed by atoms with Crippen LogP contribution in [-0.4, -0.2) is 55.2 Å². The van der Waals surface area contributed by atoms with Crippen LogP contribution < -0.4 is 0 Å². The standard InChI is InChI=1S/C30H29F8NO5S/c1-16-14-18(26(41)42)2-9-22(16)25(40)39-13-12-27(45(43,44)21-7-5-20(31)6-8-21)23-10-4-19(15-17(23)3-11-24(27)39)28(32,29(33,34)35)30(36,37)38/h4-8,10,15-16,18,22,24H,2-3,9,11-14H2,1H3,(H,41,42)/t16-,18?,22+,24+,27+/m0/s1. The number of rotatable bonds is 5. The second kappa shape index (κ2) is 10.9. The van der Waals surface area contributed by atoms with Crippen molar-refractivity contribution in [2.45, 2.75) is 79.2 Å². The van der Waals surface area contributed by atoms with Gasteiger partial charge in [-0.2, -0.15) is 26.3 Å². The van der Waals surface area contributed by atoms with Gasteiger partial charge in [-0.05, 0) is 79.8 Å². The van der Waals surface area contributed by atoms with Crippen LogP contribution in [0.2, 0.25) is 0 Å². The average Bonchev–Trinajstić information content (AvgIpc) is 3.37. The Balaban J connectivity index is 1.63. The third-order valence-electron chi connectivity index (χ3n) is 9.79. The zero-order valence-electron chi connectivity index (χ0n) is 23.8.